The molecular weight excluding hydrogens is 256 g/mol. The van der Waals surface area contributed by atoms with Crippen molar-refractivity contribution in [2.45, 2.75) is 52.1 Å². The molecular formula is C15H26N2O3. The van der Waals surface area contributed by atoms with Crippen LogP contribution in [0.5, 0.6) is 0 Å². The smallest absolute Gasteiger partial charge is 0.242 e. The third kappa shape index (κ3) is 2.97. The first kappa shape index (κ1) is 15.3. The molecule has 0 aromatic rings. The lowest BCUT2D eigenvalue weighted by Crippen LogP contribution is -2.58. The summed E-state index contributed by atoms with van der Waals surface area (Å²) in [5.41, 5.74) is -1.07. The Bertz CT molecular complexity index is 404. The number of rotatable bonds is 2. The highest BCUT2D eigenvalue weighted by Crippen LogP contribution is 2.38. The van der Waals surface area contributed by atoms with E-state index in [1.54, 1.807) is 9.80 Å². The fraction of sp³-hybridized carbons (Fsp3) is 0.867. The number of amides is 2. The van der Waals surface area contributed by atoms with Crippen molar-refractivity contribution >= 4 is 11.8 Å². The second-order valence-corrected chi connectivity index (χ2v) is 7.00. The normalized spacial score (nSPS) is 30.5. The average Bonchev–Trinajstić information content (AvgIpc) is 2.35. The zero-order valence-electron chi connectivity index (χ0n) is 12.8. The SMILES string of the molecule is CC1(C)CN(C(=O)CN2CCCCC2=O)CC[C@]1(C)O. The van der Waals surface area contributed by atoms with Crippen LogP contribution in [0.25, 0.3) is 0 Å². The minimum Gasteiger partial charge on any atom is -0.389 e. The molecule has 2 heterocycles. The van der Waals surface area contributed by atoms with Gasteiger partial charge in [0, 0.05) is 31.5 Å². The summed E-state index contributed by atoms with van der Waals surface area (Å²) in [6.45, 7) is 7.80. The Kier molecular flexibility index (Phi) is 4.09. The van der Waals surface area contributed by atoms with Gasteiger partial charge < -0.3 is 14.9 Å². The van der Waals surface area contributed by atoms with Crippen molar-refractivity contribution in [3.05, 3.63) is 0 Å². The van der Waals surface area contributed by atoms with Crippen molar-refractivity contribution in [2.24, 2.45) is 5.41 Å². The van der Waals surface area contributed by atoms with Crippen LogP contribution in [0.4, 0.5) is 0 Å². The predicted octanol–water partition coefficient (Wildman–Crippen LogP) is 1.01. The van der Waals surface area contributed by atoms with Gasteiger partial charge in [0.25, 0.3) is 0 Å². The van der Waals surface area contributed by atoms with Gasteiger partial charge in [0.1, 0.15) is 0 Å². The minimum absolute atomic E-state index is 0.00354. The molecule has 2 saturated heterocycles. The number of aliphatic hydroxyl groups is 1. The van der Waals surface area contributed by atoms with Crippen LogP contribution in [-0.2, 0) is 9.59 Å². The Balaban J connectivity index is 1.95. The van der Waals surface area contributed by atoms with Crippen LogP contribution in [0.1, 0.15) is 46.5 Å². The monoisotopic (exact) mass is 282 g/mol. The van der Waals surface area contributed by atoms with Gasteiger partial charge in [0.05, 0.1) is 12.1 Å². The first-order chi connectivity index (χ1) is 9.23. The van der Waals surface area contributed by atoms with E-state index in [4.69, 9.17) is 0 Å². The van der Waals surface area contributed by atoms with Crippen LogP contribution in [-0.4, -0.2) is 58.5 Å². The van der Waals surface area contributed by atoms with E-state index in [9.17, 15) is 14.7 Å². The van der Waals surface area contributed by atoms with Crippen LogP contribution in [0.15, 0.2) is 0 Å². The molecule has 0 aromatic carbocycles. The standard InChI is InChI=1S/C15H26N2O3/c1-14(2)11-17(9-7-15(14,3)20)13(19)10-16-8-5-4-6-12(16)18/h20H,4-11H2,1-3H3/t15-/m0/s1. The van der Waals surface area contributed by atoms with Crippen LogP contribution < -0.4 is 0 Å². The third-order valence-corrected chi connectivity index (χ3v) is 5.01. The average molecular weight is 282 g/mol. The Morgan fingerprint density at radius 1 is 1.25 bits per heavy atom. The molecule has 2 amide bonds. The minimum atomic E-state index is -0.745. The van der Waals surface area contributed by atoms with E-state index < -0.39 is 5.60 Å². The van der Waals surface area contributed by atoms with Gasteiger partial charge in [0.2, 0.25) is 11.8 Å². The molecule has 0 saturated carbocycles. The summed E-state index contributed by atoms with van der Waals surface area (Å²) in [6.07, 6.45) is 3.07. The van der Waals surface area contributed by atoms with Crippen LogP contribution in [0.2, 0.25) is 0 Å². The fourth-order valence-corrected chi connectivity index (χ4v) is 2.92. The third-order valence-electron chi connectivity index (χ3n) is 5.01. The lowest BCUT2D eigenvalue weighted by atomic mass is 9.71. The molecule has 0 unspecified atom stereocenters. The number of carbonyl (C=O) groups is 2. The number of hydrogen-bond acceptors (Lipinski definition) is 3. The summed E-state index contributed by atoms with van der Waals surface area (Å²) in [5.74, 6) is 0.0942. The predicted molar refractivity (Wildman–Crippen MR) is 76.0 cm³/mol. The van der Waals surface area contributed by atoms with Gasteiger partial charge in [-0.2, -0.15) is 0 Å². The second kappa shape index (κ2) is 5.35. The molecule has 1 atom stereocenters. The molecule has 0 radical (unpaired) electrons. The Morgan fingerprint density at radius 2 is 1.95 bits per heavy atom. The highest BCUT2D eigenvalue weighted by molar-refractivity contribution is 5.85. The molecule has 0 aromatic heterocycles. The molecule has 20 heavy (non-hydrogen) atoms. The molecule has 2 aliphatic rings. The lowest BCUT2D eigenvalue weighted by Gasteiger charge is -2.48. The fourth-order valence-electron chi connectivity index (χ4n) is 2.92. The van der Waals surface area contributed by atoms with Crippen LogP contribution >= 0.6 is 0 Å². The van der Waals surface area contributed by atoms with Gasteiger partial charge in [-0.05, 0) is 26.2 Å². The molecule has 2 rings (SSSR count). The quantitative estimate of drug-likeness (QED) is 0.822. The summed E-state index contributed by atoms with van der Waals surface area (Å²) in [7, 11) is 0. The van der Waals surface area contributed by atoms with E-state index in [2.05, 4.69) is 0 Å². The van der Waals surface area contributed by atoms with Crippen molar-refractivity contribution in [2.75, 3.05) is 26.2 Å². The van der Waals surface area contributed by atoms with Crippen molar-refractivity contribution < 1.29 is 14.7 Å². The highest BCUT2D eigenvalue weighted by atomic mass is 16.3. The van der Waals surface area contributed by atoms with Gasteiger partial charge in [-0.25, -0.2) is 0 Å². The Hall–Kier alpha value is -1.10. The number of nitrogens with zero attached hydrogens (tertiary/aromatic N) is 2. The van der Waals surface area contributed by atoms with Gasteiger partial charge in [-0.3, -0.25) is 9.59 Å². The Morgan fingerprint density at radius 3 is 2.55 bits per heavy atom. The molecule has 0 bridgehead atoms. The van der Waals surface area contributed by atoms with Crippen LogP contribution in [0.3, 0.4) is 0 Å². The van der Waals surface area contributed by atoms with E-state index in [1.807, 2.05) is 20.8 Å². The zero-order chi connectivity index (χ0) is 15.0. The van der Waals surface area contributed by atoms with Gasteiger partial charge in [0.15, 0.2) is 0 Å². The molecule has 5 nitrogen and oxygen atoms in total. The van der Waals surface area contributed by atoms with Crippen molar-refractivity contribution in [3.63, 3.8) is 0 Å². The number of piperidine rings is 2. The highest BCUT2D eigenvalue weighted by Gasteiger charge is 2.45. The van der Waals surface area contributed by atoms with Gasteiger partial charge in [-0.15, -0.1) is 0 Å². The summed E-state index contributed by atoms with van der Waals surface area (Å²) >= 11 is 0. The zero-order valence-corrected chi connectivity index (χ0v) is 12.8. The molecule has 2 fully saturated rings. The van der Waals surface area contributed by atoms with Crippen LogP contribution in [0, 0.1) is 5.41 Å². The molecule has 5 heteroatoms. The van der Waals surface area contributed by atoms with Gasteiger partial charge >= 0.3 is 0 Å². The molecule has 0 spiro atoms. The maximum Gasteiger partial charge on any atom is 0.242 e. The second-order valence-electron chi connectivity index (χ2n) is 7.00. The van der Waals surface area contributed by atoms with E-state index in [-0.39, 0.29) is 23.8 Å². The largest absolute Gasteiger partial charge is 0.389 e. The number of hydrogen-bond donors (Lipinski definition) is 1. The van der Waals surface area contributed by atoms with Crippen molar-refractivity contribution in [1.29, 1.82) is 0 Å². The maximum absolute atomic E-state index is 12.4. The summed E-state index contributed by atoms with van der Waals surface area (Å²) < 4.78 is 0. The summed E-state index contributed by atoms with van der Waals surface area (Å²) in [6, 6.07) is 0. The topological polar surface area (TPSA) is 60.9 Å². The number of likely N-dealkylation sites (tertiary alicyclic amines) is 2. The van der Waals surface area contributed by atoms with E-state index >= 15 is 0 Å². The summed E-state index contributed by atoms with van der Waals surface area (Å²) in [4.78, 5) is 27.6. The maximum atomic E-state index is 12.4. The summed E-state index contributed by atoms with van der Waals surface area (Å²) in [5, 5.41) is 10.4. The molecule has 114 valence electrons. The molecule has 1 N–H and O–H groups in total. The Labute approximate surface area is 120 Å². The van der Waals surface area contributed by atoms with Crippen molar-refractivity contribution in [3.8, 4) is 0 Å². The lowest BCUT2D eigenvalue weighted by molar-refractivity contribution is -0.152. The van der Waals surface area contributed by atoms with E-state index in [0.717, 1.165) is 12.8 Å². The van der Waals surface area contributed by atoms with Crippen molar-refractivity contribution in [1.82, 2.24) is 9.80 Å². The van der Waals surface area contributed by atoms with Gasteiger partial charge in [-0.1, -0.05) is 13.8 Å². The first-order valence-electron chi connectivity index (χ1n) is 7.51. The first-order valence-corrected chi connectivity index (χ1v) is 7.51. The molecule has 2 aliphatic heterocycles. The van der Waals surface area contributed by atoms with E-state index in [0.29, 0.717) is 32.5 Å². The van der Waals surface area contributed by atoms with E-state index in [1.165, 1.54) is 0 Å². The molecule has 0 aliphatic carbocycles. The number of carbonyl (C=O) groups excluding carboxylic acids is 2.